The van der Waals surface area contributed by atoms with Gasteiger partial charge >= 0.3 is 5.97 Å². The SMILES string of the molecule is CNC(=O)c1cncc(C(CCN[C@@H](CC(C)C)C(=O)OC)=C(F)F)c1. The summed E-state index contributed by atoms with van der Waals surface area (Å²) in [4.78, 5) is 27.3. The van der Waals surface area contributed by atoms with Crippen molar-refractivity contribution in [1.82, 2.24) is 15.6 Å². The van der Waals surface area contributed by atoms with E-state index in [4.69, 9.17) is 4.74 Å². The highest BCUT2D eigenvalue weighted by atomic mass is 19.3. The minimum Gasteiger partial charge on any atom is -0.468 e. The molecule has 144 valence electrons. The van der Waals surface area contributed by atoms with Crippen LogP contribution in [-0.4, -0.2) is 43.6 Å². The van der Waals surface area contributed by atoms with E-state index in [1.165, 1.54) is 32.6 Å². The van der Waals surface area contributed by atoms with Crippen LogP contribution in [0, 0.1) is 5.92 Å². The first kappa shape index (κ1) is 21.7. The van der Waals surface area contributed by atoms with Gasteiger partial charge in [-0.05, 0) is 24.8 Å². The number of amides is 1. The van der Waals surface area contributed by atoms with E-state index >= 15 is 0 Å². The van der Waals surface area contributed by atoms with Crippen LogP contribution in [0.5, 0.6) is 0 Å². The second-order valence-electron chi connectivity index (χ2n) is 6.19. The molecule has 6 nitrogen and oxygen atoms in total. The maximum atomic E-state index is 13.4. The molecular weight excluding hydrogens is 344 g/mol. The largest absolute Gasteiger partial charge is 0.468 e. The Kier molecular flexibility index (Phi) is 8.84. The van der Waals surface area contributed by atoms with Crippen molar-refractivity contribution in [2.75, 3.05) is 20.7 Å². The monoisotopic (exact) mass is 369 g/mol. The summed E-state index contributed by atoms with van der Waals surface area (Å²) in [5.74, 6) is -0.583. The number of carbonyl (C=O) groups excluding carboxylic acids is 2. The fourth-order valence-corrected chi connectivity index (χ4v) is 2.47. The standard InChI is InChI=1S/C18H25F2N3O3/c1-11(2)7-15(18(25)26-4)23-6-5-14(16(19)20)12-8-13(10-22-9-12)17(24)21-3/h8-11,15,23H,5-7H2,1-4H3,(H,21,24)/t15-/m0/s1. The Morgan fingerprint density at radius 2 is 1.88 bits per heavy atom. The predicted molar refractivity (Wildman–Crippen MR) is 94.6 cm³/mol. The smallest absolute Gasteiger partial charge is 0.322 e. The molecule has 0 spiro atoms. The normalized spacial score (nSPS) is 11.8. The summed E-state index contributed by atoms with van der Waals surface area (Å²) in [6.45, 7) is 4.07. The first-order valence-electron chi connectivity index (χ1n) is 8.33. The van der Waals surface area contributed by atoms with Crippen LogP contribution in [0.2, 0.25) is 0 Å². The third-order valence-corrected chi connectivity index (χ3v) is 3.76. The van der Waals surface area contributed by atoms with E-state index in [2.05, 4.69) is 15.6 Å². The van der Waals surface area contributed by atoms with E-state index in [9.17, 15) is 18.4 Å². The average Bonchev–Trinajstić information content (AvgIpc) is 2.62. The molecule has 0 saturated heterocycles. The van der Waals surface area contributed by atoms with Gasteiger partial charge in [0.1, 0.15) is 6.04 Å². The van der Waals surface area contributed by atoms with E-state index in [-0.39, 0.29) is 35.6 Å². The van der Waals surface area contributed by atoms with Crippen LogP contribution in [0.3, 0.4) is 0 Å². The Morgan fingerprint density at radius 3 is 2.42 bits per heavy atom. The van der Waals surface area contributed by atoms with Crippen LogP contribution in [0.15, 0.2) is 24.5 Å². The quantitative estimate of drug-likeness (QED) is 0.654. The van der Waals surface area contributed by atoms with Crippen molar-refractivity contribution in [3.63, 3.8) is 0 Å². The molecule has 0 bridgehead atoms. The third-order valence-electron chi connectivity index (χ3n) is 3.76. The van der Waals surface area contributed by atoms with Crippen molar-refractivity contribution < 1.29 is 23.1 Å². The van der Waals surface area contributed by atoms with Crippen LogP contribution < -0.4 is 10.6 Å². The highest BCUT2D eigenvalue weighted by Crippen LogP contribution is 2.24. The lowest BCUT2D eigenvalue weighted by atomic mass is 10.0. The van der Waals surface area contributed by atoms with Crippen LogP contribution in [0.1, 0.15) is 42.6 Å². The zero-order chi connectivity index (χ0) is 19.7. The Labute approximate surface area is 152 Å². The van der Waals surface area contributed by atoms with E-state index in [1.807, 2.05) is 13.8 Å². The molecule has 1 heterocycles. The number of nitrogens with zero attached hydrogens (tertiary/aromatic N) is 1. The molecule has 0 aromatic carbocycles. The van der Waals surface area contributed by atoms with Gasteiger partial charge < -0.3 is 15.4 Å². The van der Waals surface area contributed by atoms with Crippen LogP contribution >= 0.6 is 0 Å². The maximum Gasteiger partial charge on any atom is 0.322 e. The molecule has 0 radical (unpaired) electrons. The molecule has 2 N–H and O–H groups in total. The Bertz CT molecular complexity index is 659. The Balaban J connectivity index is 2.86. The number of rotatable bonds is 9. The molecule has 0 unspecified atom stereocenters. The van der Waals surface area contributed by atoms with Gasteiger partial charge in [0, 0.05) is 37.1 Å². The van der Waals surface area contributed by atoms with Gasteiger partial charge in [-0.15, -0.1) is 0 Å². The summed E-state index contributed by atoms with van der Waals surface area (Å²) in [6.07, 6.45) is 1.27. The number of esters is 1. The van der Waals surface area contributed by atoms with Gasteiger partial charge in [0.15, 0.2) is 0 Å². The summed E-state index contributed by atoms with van der Waals surface area (Å²) in [7, 11) is 2.74. The van der Waals surface area contributed by atoms with Gasteiger partial charge in [-0.2, -0.15) is 8.78 Å². The molecule has 1 aromatic rings. The lowest BCUT2D eigenvalue weighted by Gasteiger charge is -2.18. The number of methoxy groups -OCH3 is 1. The molecule has 8 heteroatoms. The first-order valence-corrected chi connectivity index (χ1v) is 8.33. The molecule has 0 saturated carbocycles. The summed E-state index contributed by atoms with van der Waals surface area (Å²) < 4.78 is 31.5. The van der Waals surface area contributed by atoms with Crippen LogP contribution in [-0.2, 0) is 9.53 Å². The Hall–Kier alpha value is -2.35. The Morgan fingerprint density at radius 1 is 1.23 bits per heavy atom. The van der Waals surface area contributed by atoms with Crippen molar-refractivity contribution in [3.05, 3.63) is 35.7 Å². The first-order chi connectivity index (χ1) is 12.3. The number of nitrogens with one attached hydrogen (secondary N) is 2. The van der Waals surface area contributed by atoms with Crippen LogP contribution in [0.25, 0.3) is 5.57 Å². The van der Waals surface area contributed by atoms with Crippen molar-refractivity contribution >= 4 is 17.4 Å². The minimum absolute atomic E-state index is 0.0210. The number of carbonyl (C=O) groups is 2. The number of pyridine rings is 1. The van der Waals surface area contributed by atoms with Gasteiger partial charge in [0.25, 0.3) is 12.0 Å². The minimum atomic E-state index is -1.85. The van der Waals surface area contributed by atoms with E-state index in [0.717, 1.165) is 0 Å². The molecule has 1 atom stereocenters. The van der Waals surface area contributed by atoms with Gasteiger partial charge in [-0.3, -0.25) is 14.6 Å². The van der Waals surface area contributed by atoms with E-state index in [1.54, 1.807) is 0 Å². The average molecular weight is 369 g/mol. The lowest BCUT2D eigenvalue weighted by molar-refractivity contribution is -0.143. The van der Waals surface area contributed by atoms with Gasteiger partial charge in [0.05, 0.1) is 12.7 Å². The lowest BCUT2D eigenvalue weighted by Crippen LogP contribution is -2.39. The molecule has 0 fully saturated rings. The fraction of sp³-hybridized carbons (Fsp3) is 0.500. The number of hydrogen-bond donors (Lipinski definition) is 2. The van der Waals surface area contributed by atoms with Crippen molar-refractivity contribution in [1.29, 1.82) is 0 Å². The highest BCUT2D eigenvalue weighted by Gasteiger charge is 2.20. The molecule has 26 heavy (non-hydrogen) atoms. The highest BCUT2D eigenvalue weighted by molar-refractivity contribution is 5.94. The topological polar surface area (TPSA) is 80.3 Å². The number of ether oxygens (including phenoxy) is 1. The van der Waals surface area contributed by atoms with Crippen LogP contribution in [0.4, 0.5) is 8.78 Å². The van der Waals surface area contributed by atoms with Gasteiger partial charge in [0.2, 0.25) is 0 Å². The predicted octanol–water partition coefficient (Wildman–Crippen LogP) is 2.62. The summed E-state index contributed by atoms with van der Waals surface area (Å²) in [5.41, 5.74) is 0.152. The zero-order valence-corrected chi connectivity index (χ0v) is 15.4. The van der Waals surface area contributed by atoms with Crippen molar-refractivity contribution in [3.8, 4) is 0 Å². The molecule has 0 aliphatic heterocycles. The molecule has 1 amide bonds. The molecule has 1 aromatic heterocycles. The summed E-state index contributed by atoms with van der Waals surface area (Å²) in [5, 5.41) is 5.39. The molecule has 0 aliphatic carbocycles. The van der Waals surface area contributed by atoms with Gasteiger partial charge in [-0.1, -0.05) is 13.8 Å². The molecule has 1 rings (SSSR count). The molecule has 0 aliphatic rings. The van der Waals surface area contributed by atoms with Gasteiger partial charge in [-0.25, -0.2) is 0 Å². The number of aromatic nitrogens is 1. The molecular formula is C18H25F2N3O3. The summed E-state index contributed by atoms with van der Waals surface area (Å²) >= 11 is 0. The maximum absolute atomic E-state index is 13.4. The second kappa shape index (κ2) is 10.6. The van der Waals surface area contributed by atoms with Crippen molar-refractivity contribution in [2.45, 2.75) is 32.7 Å². The van der Waals surface area contributed by atoms with E-state index < -0.39 is 24.0 Å². The number of halogens is 2. The van der Waals surface area contributed by atoms with E-state index in [0.29, 0.717) is 6.42 Å². The fourth-order valence-electron chi connectivity index (χ4n) is 2.47. The zero-order valence-electron chi connectivity index (χ0n) is 15.4. The number of hydrogen-bond acceptors (Lipinski definition) is 5. The third kappa shape index (κ3) is 6.51. The second-order valence-corrected chi connectivity index (χ2v) is 6.19. The van der Waals surface area contributed by atoms with Crippen molar-refractivity contribution in [2.24, 2.45) is 5.92 Å². The summed E-state index contributed by atoms with van der Waals surface area (Å²) in [6, 6.07) is 0.811.